The lowest BCUT2D eigenvalue weighted by atomic mass is 10.1. The third-order valence-corrected chi connectivity index (χ3v) is 3.51. The van der Waals surface area contributed by atoms with Crippen molar-refractivity contribution in [2.75, 3.05) is 5.32 Å². The van der Waals surface area contributed by atoms with Crippen molar-refractivity contribution in [3.63, 3.8) is 0 Å². The molecule has 2 rings (SSSR count). The molecule has 2 aromatic rings. The average Bonchev–Trinajstić information content (AvgIpc) is 2.32. The van der Waals surface area contributed by atoms with Gasteiger partial charge in [0.2, 0.25) is 0 Å². The van der Waals surface area contributed by atoms with Crippen LogP contribution in [0.4, 0.5) is 5.69 Å². The molecular weight excluding hydrogens is 314 g/mol. The predicted octanol–water partition coefficient (Wildman–Crippen LogP) is 4.66. The van der Waals surface area contributed by atoms with Crippen LogP contribution in [-0.2, 0) is 0 Å². The Balaban J connectivity index is 2.25. The summed E-state index contributed by atoms with van der Waals surface area (Å²) < 4.78 is 0.913. The van der Waals surface area contributed by atoms with Gasteiger partial charge in [-0.3, -0.25) is 4.79 Å². The molecule has 0 bridgehead atoms. The van der Waals surface area contributed by atoms with Crippen LogP contribution < -0.4 is 5.32 Å². The number of benzene rings is 2. The smallest absolute Gasteiger partial charge is 0.257 e. The lowest BCUT2D eigenvalue weighted by Crippen LogP contribution is -2.12. The molecule has 92 valence electrons. The van der Waals surface area contributed by atoms with Gasteiger partial charge < -0.3 is 5.32 Å². The van der Waals surface area contributed by atoms with Crippen LogP contribution in [-0.4, -0.2) is 5.91 Å². The summed E-state index contributed by atoms with van der Waals surface area (Å²) in [5.41, 5.74) is 2.10. The summed E-state index contributed by atoms with van der Waals surface area (Å²) >= 11 is 9.47. The van der Waals surface area contributed by atoms with Gasteiger partial charge in [0.25, 0.3) is 5.91 Å². The molecule has 2 nitrogen and oxygen atoms in total. The number of halogens is 2. The highest BCUT2D eigenvalue weighted by molar-refractivity contribution is 9.10. The zero-order chi connectivity index (χ0) is 13.1. The molecular formula is C14H11BrClNO. The van der Waals surface area contributed by atoms with Gasteiger partial charge in [0.15, 0.2) is 0 Å². The molecule has 0 aliphatic rings. The maximum Gasteiger partial charge on any atom is 0.257 e. The van der Waals surface area contributed by atoms with Crippen molar-refractivity contribution >= 4 is 39.1 Å². The summed E-state index contributed by atoms with van der Waals surface area (Å²) in [7, 11) is 0. The van der Waals surface area contributed by atoms with E-state index in [0.717, 1.165) is 15.7 Å². The van der Waals surface area contributed by atoms with Crippen molar-refractivity contribution < 1.29 is 4.79 Å². The number of nitrogens with one attached hydrogen (secondary N) is 1. The molecule has 0 saturated carbocycles. The summed E-state index contributed by atoms with van der Waals surface area (Å²) in [5.74, 6) is -0.207. The van der Waals surface area contributed by atoms with Crippen LogP contribution in [0.15, 0.2) is 46.9 Å². The summed E-state index contributed by atoms with van der Waals surface area (Å²) in [6.07, 6.45) is 0. The maximum atomic E-state index is 12.1. The molecule has 0 unspecified atom stereocenters. The quantitative estimate of drug-likeness (QED) is 0.855. The Kier molecular flexibility index (Phi) is 4.04. The molecule has 0 spiro atoms. The zero-order valence-electron chi connectivity index (χ0n) is 9.71. The van der Waals surface area contributed by atoms with Crippen LogP contribution in [0.5, 0.6) is 0 Å². The SMILES string of the molecule is Cc1cccc(C(=O)Nc2cccc(Br)c2)c1Cl. The highest BCUT2D eigenvalue weighted by atomic mass is 79.9. The normalized spacial score (nSPS) is 10.2. The first-order chi connectivity index (χ1) is 8.58. The van der Waals surface area contributed by atoms with E-state index in [1.54, 1.807) is 6.07 Å². The fraction of sp³-hybridized carbons (Fsp3) is 0.0714. The molecule has 0 aliphatic carbocycles. The van der Waals surface area contributed by atoms with Crippen molar-refractivity contribution in [2.24, 2.45) is 0 Å². The number of carbonyl (C=O) groups is 1. The van der Waals surface area contributed by atoms with E-state index in [4.69, 9.17) is 11.6 Å². The van der Waals surface area contributed by atoms with Gasteiger partial charge in [-0.2, -0.15) is 0 Å². The van der Waals surface area contributed by atoms with Gasteiger partial charge in [-0.05, 0) is 36.8 Å². The largest absolute Gasteiger partial charge is 0.322 e. The van der Waals surface area contributed by atoms with Crippen LogP contribution in [0.25, 0.3) is 0 Å². The van der Waals surface area contributed by atoms with E-state index < -0.39 is 0 Å². The van der Waals surface area contributed by atoms with E-state index in [1.165, 1.54) is 0 Å². The fourth-order valence-corrected chi connectivity index (χ4v) is 2.20. The number of hydrogen-bond donors (Lipinski definition) is 1. The van der Waals surface area contributed by atoms with E-state index in [-0.39, 0.29) is 5.91 Å². The van der Waals surface area contributed by atoms with E-state index in [2.05, 4.69) is 21.2 Å². The number of aryl methyl sites for hydroxylation is 1. The van der Waals surface area contributed by atoms with Crippen molar-refractivity contribution in [3.05, 3.63) is 63.1 Å². The monoisotopic (exact) mass is 323 g/mol. The average molecular weight is 325 g/mol. The Morgan fingerprint density at radius 2 is 1.94 bits per heavy atom. The minimum atomic E-state index is -0.207. The molecule has 0 atom stereocenters. The Labute approximate surface area is 119 Å². The molecule has 1 amide bonds. The number of rotatable bonds is 2. The summed E-state index contributed by atoms with van der Waals surface area (Å²) in [4.78, 5) is 12.1. The molecule has 2 aromatic carbocycles. The van der Waals surface area contributed by atoms with E-state index in [9.17, 15) is 4.79 Å². The lowest BCUT2D eigenvalue weighted by molar-refractivity contribution is 0.102. The van der Waals surface area contributed by atoms with Gasteiger partial charge in [-0.25, -0.2) is 0 Å². The Morgan fingerprint density at radius 3 is 2.67 bits per heavy atom. The van der Waals surface area contributed by atoms with Crippen LogP contribution in [0, 0.1) is 6.92 Å². The second kappa shape index (κ2) is 5.55. The zero-order valence-corrected chi connectivity index (χ0v) is 12.0. The first kappa shape index (κ1) is 13.1. The summed E-state index contributed by atoms with van der Waals surface area (Å²) in [5, 5.41) is 3.30. The van der Waals surface area contributed by atoms with E-state index >= 15 is 0 Å². The van der Waals surface area contributed by atoms with Crippen molar-refractivity contribution in [1.29, 1.82) is 0 Å². The van der Waals surface area contributed by atoms with Gasteiger partial charge in [0.1, 0.15) is 0 Å². The Bertz CT molecular complexity index is 598. The van der Waals surface area contributed by atoms with Gasteiger partial charge >= 0.3 is 0 Å². The molecule has 0 heterocycles. The van der Waals surface area contributed by atoms with Crippen molar-refractivity contribution in [2.45, 2.75) is 6.92 Å². The van der Waals surface area contributed by atoms with Gasteiger partial charge in [0.05, 0.1) is 10.6 Å². The molecule has 0 saturated heterocycles. The molecule has 0 aromatic heterocycles. The standard InChI is InChI=1S/C14H11BrClNO/c1-9-4-2-7-12(13(9)16)14(18)17-11-6-3-5-10(15)8-11/h2-8H,1H3,(H,17,18). The van der Waals surface area contributed by atoms with E-state index in [0.29, 0.717) is 10.6 Å². The van der Waals surface area contributed by atoms with Crippen LogP contribution >= 0.6 is 27.5 Å². The topological polar surface area (TPSA) is 29.1 Å². The van der Waals surface area contributed by atoms with Crippen LogP contribution in [0.2, 0.25) is 5.02 Å². The maximum absolute atomic E-state index is 12.1. The number of hydrogen-bond acceptors (Lipinski definition) is 1. The first-order valence-electron chi connectivity index (χ1n) is 5.40. The molecule has 0 fully saturated rings. The minimum Gasteiger partial charge on any atom is -0.322 e. The van der Waals surface area contributed by atoms with Gasteiger partial charge in [0, 0.05) is 10.2 Å². The molecule has 1 N–H and O–H groups in total. The summed E-state index contributed by atoms with van der Waals surface area (Å²) in [6.45, 7) is 1.87. The second-order valence-electron chi connectivity index (χ2n) is 3.90. The lowest BCUT2D eigenvalue weighted by Gasteiger charge is -2.08. The third kappa shape index (κ3) is 2.92. The van der Waals surface area contributed by atoms with Crippen molar-refractivity contribution in [1.82, 2.24) is 0 Å². The van der Waals surface area contributed by atoms with Gasteiger partial charge in [-0.1, -0.05) is 45.7 Å². The molecule has 18 heavy (non-hydrogen) atoms. The molecule has 4 heteroatoms. The predicted molar refractivity (Wildman–Crippen MR) is 78.3 cm³/mol. The first-order valence-corrected chi connectivity index (χ1v) is 6.57. The fourth-order valence-electron chi connectivity index (χ4n) is 1.59. The molecule has 0 radical (unpaired) electrons. The summed E-state index contributed by atoms with van der Waals surface area (Å²) in [6, 6.07) is 12.8. The Hall–Kier alpha value is -1.32. The second-order valence-corrected chi connectivity index (χ2v) is 5.19. The van der Waals surface area contributed by atoms with E-state index in [1.807, 2.05) is 43.3 Å². The van der Waals surface area contributed by atoms with Gasteiger partial charge in [-0.15, -0.1) is 0 Å². The highest BCUT2D eigenvalue weighted by Crippen LogP contribution is 2.22. The van der Waals surface area contributed by atoms with Crippen LogP contribution in [0.1, 0.15) is 15.9 Å². The minimum absolute atomic E-state index is 0.207. The molecule has 0 aliphatic heterocycles. The Morgan fingerprint density at radius 1 is 1.22 bits per heavy atom. The number of amides is 1. The number of anilines is 1. The highest BCUT2D eigenvalue weighted by Gasteiger charge is 2.11. The van der Waals surface area contributed by atoms with Crippen LogP contribution in [0.3, 0.4) is 0 Å². The van der Waals surface area contributed by atoms with Crippen molar-refractivity contribution in [3.8, 4) is 0 Å². The number of carbonyl (C=O) groups excluding carboxylic acids is 1. The third-order valence-electron chi connectivity index (χ3n) is 2.52.